The molecular weight excluding hydrogens is 396 g/mol. The molecule has 0 saturated carbocycles. The molecule has 1 saturated heterocycles. The minimum absolute atomic E-state index is 0.126. The van der Waals surface area contributed by atoms with Crippen molar-refractivity contribution in [2.45, 2.75) is 45.2 Å². The summed E-state index contributed by atoms with van der Waals surface area (Å²) in [5, 5.41) is 2.73. The molecular formula is C18H24N6O6. The first-order chi connectivity index (χ1) is 14.2. The summed E-state index contributed by atoms with van der Waals surface area (Å²) in [7, 11) is 3.66. The second-order valence-corrected chi connectivity index (χ2v) is 7.08. The van der Waals surface area contributed by atoms with Gasteiger partial charge in [0.25, 0.3) is 0 Å². The second-order valence-electron chi connectivity index (χ2n) is 7.08. The van der Waals surface area contributed by atoms with E-state index in [2.05, 4.69) is 20.3 Å². The van der Waals surface area contributed by atoms with E-state index in [1.165, 1.54) is 33.4 Å². The monoisotopic (exact) mass is 420 g/mol. The first kappa shape index (κ1) is 21.4. The van der Waals surface area contributed by atoms with Gasteiger partial charge in [0.2, 0.25) is 5.91 Å². The molecule has 0 bridgehead atoms. The van der Waals surface area contributed by atoms with Crippen molar-refractivity contribution in [3.05, 3.63) is 12.7 Å². The number of amides is 1. The third-order valence-electron chi connectivity index (χ3n) is 4.51. The van der Waals surface area contributed by atoms with E-state index in [4.69, 9.17) is 14.2 Å². The number of hydrogen-bond acceptors (Lipinski definition) is 10. The van der Waals surface area contributed by atoms with E-state index in [1.54, 1.807) is 9.47 Å². The molecule has 1 aliphatic rings. The van der Waals surface area contributed by atoms with Gasteiger partial charge in [-0.05, 0) is 0 Å². The topological polar surface area (TPSA) is 138 Å². The van der Waals surface area contributed by atoms with Gasteiger partial charge in [0, 0.05) is 34.9 Å². The number of rotatable bonds is 6. The third kappa shape index (κ3) is 4.32. The van der Waals surface area contributed by atoms with Crippen LogP contribution in [0.4, 0.5) is 5.82 Å². The molecule has 0 unspecified atom stereocenters. The Bertz CT molecular complexity index is 960. The molecule has 2 aromatic rings. The Balaban J connectivity index is 2.03. The summed E-state index contributed by atoms with van der Waals surface area (Å²) >= 11 is 0. The molecule has 12 nitrogen and oxygen atoms in total. The predicted molar refractivity (Wildman–Crippen MR) is 103 cm³/mol. The van der Waals surface area contributed by atoms with Crippen molar-refractivity contribution in [3.8, 4) is 0 Å². The quantitative estimate of drug-likeness (QED) is 0.625. The predicted octanol–water partition coefficient (Wildman–Crippen LogP) is -0.211. The van der Waals surface area contributed by atoms with Crippen LogP contribution in [-0.2, 0) is 28.6 Å². The maximum atomic E-state index is 11.8. The van der Waals surface area contributed by atoms with E-state index >= 15 is 0 Å². The Morgan fingerprint density at radius 3 is 2.50 bits per heavy atom. The zero-order valence-corrected chi connectivity index (χ0v) is 17.4. The van der Waals surface area contributed by atoms with Gasteiger partial charge >= 0.3 is 11.9 Å². The number of carbonyl (C=O) groups is 3. The smallest absolute Gasteiger partial charge is 0.303 e. The normalized spacial score (nSPS) is 23.2. The number of hydrogen-bond donors (Lipinski definition) is 1. The van der Waals surface area contributed by atoms with Gasteiger partial charge in [-0.2, -0.15) is 0 Å². The lowest BCUT2D eigenvalue weighted by Crippen LogP contribution is -2.49. The highest BCUT2D eigenvalue weighted by atomic mass is 16.6. The molecule has 1 aliphatic heterocycles. The maximum absolute atomic E-state index is 11.8. The van der Waals surface area contributed by atoms with Crippen molar-refractivity contribution in [1.29, 1.82) is 0 Å². The number of nitrogens with one attached hydrogen (secondary N) is 1. The van der Waals surface area contributed by atoms with Crippen LogP contribution in [-0.4, -0.2) is 76.3 Å². The fourth-order valence-electron chi connectivity index (χ4n) is 3.38. The number of esters is 2. The Morgan fingerprint density at radius 2 is 1.90 bits per heavy atom. The maximum Gasteiger partial charge on any atom is 0.303 e. The van der Waals surface area contributed by atoms with Crippen LogP contribution in [0.1, 0.15) is 27.0 Å². The summed E-state index contributed by atoms with van der Waals surface area (Å²) in [6, 6.07) is -0.747. The van der Waals surface area contributed by atoms with Crippen molar-refractivity contribution in [1.82, 2.24) is 24.8 Å². The van der Waals surface area contributed by atoms with Crippen LogP contribution in [0.2, 0.25) is 0 Å². The fourth-order valence-corrected chi connectivity index (χ4v) is 3.38. The van der Waals surface area contributed by atoms with Crippen LogP contribution in [0.5, 0.6) is 0 Å². The summed E-state index contributed by atoms with van der Waals surface area (Å²) in [5.74, 6) is -0.785. The molecule has 4 atom stereocenters. The van der Waals surface area contributed by atoms with E-state index in [-0.39, 0.29) is 12.5 Å². The molecule has 3 rings (SSSR count). The molecule has 2 aromatic heterocycles. The largest absolute Gasteiger partial charge is 0.463 e. The number of aromatic nitrogens is 4. The molecule has 0 aromatic carbocycles. The zero-order valence-electron chi connectivity index (χ0n) is 17.4. The molecule has 3 heterocycles. The summed E-state index contributed by atoms with van der Waals surface area (Å²) < 4.78 is 18.3. The lowest BCUT2D eigenvalue weighted by molar-refractivity contribution is -0.153. The zero-order chi connectivity index (χ0) is 22.0. The lowest BCUT2D eigenvalue weighted by Gasteiger charge is -2.24. The highest BCUT2D eigenvalue weighted by Crippen LogP contribution is 2.35. The van der Waals surface area contributed by atoms with Gasteiger partial charge in [0.05, 0.1) is 12.4 Å². The van der Waals surface area contributed by atoms with Gasteiger partial charge in [0.15, 0.2) is 29.3 Å². The number of anilines is 1. The first-order valence-corrected chi connectivity index (χ1v) is 9.27. The van der Waals surface area contributed by atoms with Gasteiger partial charge in [-0.1, -0.05) is 0 Å². The Labute approximate surface area is 172 Å². The number of ether oxygens (including phenoxy) is 3. The summed E-state index contributed by atoms with van der Waals surface area (Å²) in [5.41, 5.74) is 0.998. The van der Waals surface area contributed by atoms with Gasteiger partial charge in [0.1, 0.15) is 19.0 Å². The van der Waals surface area contributed by atoms with Crippen molar-refractivity contribution in [2.24, 2.45) is 0 Å². The molecule has 30 heavy (non-hydrogen) atoms. The van der Waals surface area contributed by atoms with Crippen LogP contribution in [0, 0.1) is 0 Å². The fraction of sp³-hybridized carbons (Fsp3) is 0.556. The highest BCUT2D eigenvalue weighted by Gasteiger charge is 2.49. The second kappa shape index (κ2) is 8.61. The third-order valence-corrected chi connectivity index (χ3v) is 4.51. The molecule has 12 heteroatoms. The SMILES string of the molecule is CC(=O)N[C@H]1[C@@H](OC(C)=O)[C@H](n2cnc3c(N(C)C)ncnc32)O[C@@H]1COC(C)=O. The van der Waals surface area contributed by atoms with Gasteiger partial charge in [-0.15, -0.1) is 0 Å². The van der Waals surface area contributed by atoms with E-state index < -0.39 is 36.4 Å². The summed E-state index contributed by atoms with van der Waals surface area (Å²) in [6.07, 6.45) is 0.392. The molecule has 1 fully saturated rings. The van der Waals surface area contributed by atoms with E-state index in [0.717, 1.165) is 0 Å². The van der Waals surface area contributed by atoms with Gasteiger partial charge in [-0.3, -0.25) is 19.0 Å². The molecule has 1 N–H and O–H groups in total. The van der Waals surface area contributed by atoms with Crippen LogP contribution >= 0.6 is 0 Å². The number of nitrogens with zero attached hydrogens (tertiary/aromatic N) is 5. The molecule has 0 aliphatic carbocycles. The van der Waals surface area contributed by atoms with Crippen molar-refractivity contribution >= 4 is 34.8 Å². The lowest BCUT2D eigenvalue weighted by atomic mass is 10.1. The average Bonchev–Trinajstić information content (AvgIpc) is 3.21. The van der Waals surface area contributed by atoms with E-state index in [1.807, 2.05) is 14.1 Å². The molecule has 162 valence electrons. The summed E-state index contributed by atoms with van der Waals surface area (Å²) in [4.78, 5) is 49.6. The van der Waals surface area contributed by atoms with Crippen LogP contribution in [0.25, 0.3) is 11.2 Å². The Hall–Kier alpha value is -3.28. The van der Waals surface area contributed by atoms with Gasteiger partial charge < -0.3 is 24.4 Å². The standard InChI is InChI=1S/C18H24N6O6/c1-9(25)22-13-12(6-28-10(2)26)30-18(15(13)29-11(3)27)24-8-21-14-16(23(4)5)19-7-20-17(14)24/h7-8,12-13,15,18H,6H2,1-5H3,(H,22,25)/t12-,13-,15-,18-/m1/s1. The number of fused-ring (bicyclic) bond motifs is 1. The highest BCUT2D eigenvalue weighted by molar-refractivity contribution is 5.83. The first-order valence-electron chi connectivity index (χ1n) is 9.27. The van der Waals surface area contributed by atoms with E-state index in [9.17, 15) is 14.4 Å². The van der Waals surface area contributed by atoms with Crippen LogP contribution in [0.15, 0.2) is 12.7 Å². The van der Waals surface area contributed by atoms with Crippen molar-refractivity contribution in [3.63, 3.8) is 0 Å². The summed E-state index contributed by atoms with van der Waals surface area (Å²) in [6.45, 7) is 3.75. The van der Waals surface area contributed by atoms with Crippen molar-refractivity contribution in [2.75, 3.05) is 25.6 Å². The average molecular weight is 420 g/mol. The molecule has 1 amide bonds. The number of carbonyl (C=O) groups excluding carboxylic acids is 3. The number of imidazole rings is 1. The molecule has 0 radical (unpaired) electrons. The minimum atomic E-state index is -0.901. The Kier molecular flexibility index (Phi) is 6.15. The minimum Gasteiger partial charge on any atom is -0.463 e. The molecule has 0 spiro atoms. The van der Waals surface area contributed by atoms with E-state index in [0.29, 0.717) is 17.0 Å². The van der Waals surface area contributed by atoms with Crippen molar-refractivity contribution < 1.29 is 28.6 Å². The van der Waals surface area contributed by atoms with Crippen LogP contribution in [0.3, 0.4) is 0 Å². The Morgan fingerprint density at radius 1 is 1.17 bits per heavy atom. The van der Waals surface area contributed by atoms with Gasteiger partial charge in [-0.25, -0.2) is 15.0 Å². The van der Waals surface area contributed by atoms with Crippen LogP contribution < -0.4 is 10.2 Å².